The van der Waals surface area contributed by atoms with Crippen molar-refractivity contribution in [2.75, 3.05) is 0 Å². The summed E-state index contributed by atoms with van der Waals surface area (Å²) in [5, 5.41) is 1.53. The molecular weight excluding hydrogens is 775 g/mol. The van der Waals surface area contributed by atoms with Crippen LogP contribution in [0.25, 0.3) is 33.4 Å². The predicted octanol–water partition coefficient (Wildman–Crippen LogP) is 14.5. The Balaban J connectivity index is 0.000000249. The molecule has 0 N–H and O–H groups in total. The van der Waals surface area contributed by atoms with Gasteiger partial charge in [0.1, 0.15) is 0 Å². The molecule has 0 aliphatic heterocycles. The van der Waals surface area contributed by atoms with Crippen molar-refractivity contribution in [3.05, 3.63) is 202 Å². The molecule has 6 aromatic rings. The Hall–Kier alpha value is -3.87. The molecule has 0 aromatic heterocycles. The molecule has 0 amide bonds. The van der Waals surface area contributed by atoms with E-state index in [9.17, 15) is 0 Å². The fourth-order valence-corrected chi connectivity index (χ4v) is 6.43. The van der Waals surface area contributed by atoms with E-state index in [1.807, 2.05) is 12.2 Å². The van der Waals surface area contributed by atoms with Crippen molar-refractivity contribution in [1.82, 2.24) is 0 Å². The van der Waals surface area contributed by atoms with E-state index in [0.717, 1.165) is 22.9 Å². The Morgan fingerprint density at radius 3 is 1.50 bits per heavy atom. The molecule has 0 saturated heterocycles. The molecule has 0 radical (unpaired) electrons. The molecule has 274 valence electrons. The quantitative estimate of drug-likeness (QED) is 0.152. The van der Waals surface area contributed by atoms with Gasteiger partial charge in [-0.1, -0.05) is 141 Å². The summed E-state index contributed by atoms with van der Waals surface area (Å²) >= 11 is 12.3. The first-order valence-electron chi connectivity index (χ1n) is 18.1. The molecule has 0 atom stereocenters. The topological polar surface area (TPSA) is 0 Å². The van der Waals surface area contributed by atoms with Crippen LogP contribution < -0.4 is 0 Å². The van der Waals surface area contributed by atoms with Crippen LogP contribution in [0.15, 0.2) is 146 Å². The third-order valence-corrected chi connectivity index (χ3v) is 9.27. The van der Waals surface area contributed by atoms with Crippen molar-refractivity contribution in [1.29, 1.82) is 0 Å². The van der Waals surface area contributed by atoms with E-state index in [1.54, 1.807) is 48.5 Å². The van der Waals surface area contributed by atoms with Crippen molar-refractivity contribution in [3.8, 4) is 33.4 Å². The van der Waals surface area contributed by atoms with Gasteiger partial charge in [0.15, 0.2) is 0 Å². The van der Waals surface area contributed by atoms with Crippen LogP contribution in [-0.2, 0) is 41.5 Å². The molecule has 6 aromatic carbocycles. The molecule has 0 fully saturated rings. The average molecular weight is 823 g/mol. The van der Waals surface area contributed by atoms with Gasteiger partial charge in [0, 0.05) is 0 Å². The molecule has 0 unspecified atom stereocenters. The predicted molar refractivity (Wildman–Crippen MR) is 231 cm³/mol. The first-order chi connectivity index (χ1) is 25.9. The summed E-state index contributed by atoms with van der Waals surface area (Å²) in [5.41, 5.74) is 13.5. The van der Waals surface area contributed by atoms with Crippen molar-refractivity contribution in [2.45, 2.75) is 65.2 Å². The number of benzene rings is 6. The summed E-state index contributed by atoms with van der Waals surface area (Å²) in [4.78, 5) is 0. The summed E-state index contributed by atoms with van der Waals surface area (Å²) in [7, 11) is 0. The van der Waals surface area contributed by atoms with Crippen LogP contribution in [0.5, 0.6) is 0 Å². The van der Waals surface area contributed by atoms with Crippen molar-refractivity contribution in [3.63, 3.8) is 0 Å². The molecule has 2 aliphatic rings. The van der Waals surface area contributed by atoms with Crippen LogP contribution in [0.1, 0.15) is 70.2 Å². The summed E-state index contributed by atoms with van der Waals surface area (Å²) < 4.78 is 3.34. The van der Waals surface area contributed by atoms with Gasteiger partial charge >= 0.3 is 28.4 Å². The molecule has 54 heavy (non-hydrogen) atoms. The van der Waals surface area contributed by atoms with E-state index in [2.05, 4.69) is 155 Å². The van der Waals surface area contributed by atoms with Crippen LogP contribution >= 0.6 is 23.2 Å². The fourth-order valence-electron chi connectivity index (χ4n) is 6.18. The molecule has 3 heteroatoms. The number of allylic oxidation sites excluding steroid dienone is 4. The minimum absolute atomic E-state index is 0.0380. The molecular formula is C51H48Cl2Zr-4. The molecule has 2 aliphatic carbocycles. The van der Waals surface area contributed by atoms with E-state index >= 15 is 0 Å². The second-order valence-corrected chi connectivity index (χ2v) is 15.7. The fraction of sp³-hybridized carbons (Fsp3) is 0.196. The average Bonchev–Trinajstić information content (AvgIpc) is 3.88. The van der Waals surface area contributed by atoms with Gasteiger partial charge in [-0.05, 0) is 39.5 Å². The van der Waals surface area contributed by atoms with E-state index in [-0.39, 0.29) is 10.8 Å². The monoisotopic (exact) mass is 820 g/mol. The Bertz CT molecular complexity index is 1950. The van der Waals surface area contributed by atoms with Gasteiger partial charge in [0.05, 0.1) is 0 Å². The van der Waals surface area contributed by atoms with Crippen LogP contribution in [0.3, 0.4) is 0 Å². The van der Waals surface area contributed by atoms with Crippen molar-refractivity contribution < 1.29 is 24.2 Å². The Morgan fingerprint density at radius 2 is 1.09 bits per heavy atom. The Labute approximate surface area is 349 Å². The van der Waals surface area contributed by atoms with Gasteiger partial charge in [-0.2, -0.15) is 66.7 Å². The summed E-state index contributed by atoms with van der Waals surface area (Å²) in [5.74, 6) is 0. The second kappa shape index (κ2) is 20.7. The molecule has 0 spiro atoms. The van der Waals surface area contributed by atoms with Crippen LogP contribution in [0.4, 0.5) is 0 Å². The molecule has 0 saturated carbocycles. The molecule has 0 heterocycles. The number of hydrogen-bond acceptors (Lipinski definition) is 0. The normalized spacial score (nSPS) is 11.9. The van der Waals surface area contributed by atoms with Gasteiger partial charge in [0.25, 0.3) is 0 Å². The van der Waals surface area contributed by atoms with Crippen molar-refractivity contribution in [2.24, 2.45) is 0 Å². The zero-order valence-corrected chi connectivity index (χ0v) is 36.2. The Kier molecular flexibility index (Phi) is 16.4. The van der Waals surface area contributed by atoms with Gasteiger partial charge in [-0.3, -0.25) is 6.08 Å². The maximum absolute atomic E-state index is 5.52. The van der Waals surface area contributed by atoms with E-state index in [1.165, 1.54) is 79.9 Å². The van der Waals surface area contributed by atoms with E-state index in [4.69, 9.17) is 23.2 Å². The second-order valence-electron chi connectivity index (χ2n) is 14.9. The zero-order chi connectivity index (χ0) is 39.1. The standard InChI is InChI=1S/C33H33.2C6H4Cl.C5H5.CH2.Zr/c1-32(2,3)30-20-26-24(18-28(30)22-13-9-7-10-14-22)17-25-19-29(23-15-11-8-12-16-23)31(21-27(25)26)33(4,5)6;2*7-6-4-2-1-3-5-6;1-2-4-5-3-1;;/h7-16,18,20-21H,17H2,1-6H3;2*2-5H;1-3H,4H2;1H2;/q4*-1;;. The molecule has 8 rings (SSSR count). The van der Waals surface area contributed by atoms with Gasteiger partial charge in [-0.15, -0.1) is 58.4 Å². The molecule has 0 nitrogen and oxygen atoms in total. The van der Waals surface area contributed by atoms with Crippen LogP contribution in [0.2, 0.25) is 10.0 Å². The number of halogens is 2. The molecule has 0 bridgehead atoms. The zero-order valence-electron chi connectivity index (χ0n) is 32.2. The number of hydrogen-bond donors (Lipinski definition) is 0. The summed E-state index contributed by atoms with van der Waals surface area (Å²) in [6, 6.07) is 52.8. The third kappa shape index (κ3) is 12.3. The van der Waals surface area contributed by atoms with E-state index < -0.39 is 0 Å². The van der Waals surface area contributed by atoms with Gasteiger partial charge in [-0.25, -0.2) is 12.2 Å². The van der Waals surface area contributed by atoms with E-state index in [0.29, 0.717) is 0 Å². The summed E-state index contributed by atoms with van der Waals surface area (Å²) in [6.07, 6.45) is 10.9. The van der Waals surface area contributed by atoms with Gasteiger partial charge in [0.2, 0.25) is 0 Å². The maximum atomic E-state index is 5.52. The van der Waals surface area contributed by atoms with Crippen LogP contribution in [0, 0.1) is 24.3 Å². The number of rotatable bonds is 2. The number of fused-ring (bicyclic) bond motifs is 3. The van der Waals surface area contributed by atoms with Crippen molar-refractivity contribution >= 4 is 27.4 Å². The Morgan fingerprint density at radius 1 is 0.593 bits per heavy atom. The minimum atomic E-state index is 0.0380. The SMILES string of the molecule is CC(C)(C)c1cc2c([c-]c1-c1ccccc1)Cc1cc(-c3ccccc3)c(C(C)(C)C)cc1-2.Clc1cc[c-]cc1.Clc1cc[c-]cc1.[C-]1=CC=CC1.[CH2]=[Zr]. The first-order valence-corrected chi connectivity index (χ1v) is 20.6. The summed E-state index contributed by atoms with van der Waals surface area (Å²) in [6.45, 7) is 13.9. The van der Waals surface area contributed by atoms with Crippen LogP contribution in [-0.4, -0.2) is 4.21 Å². The first kappa shape index (κ1) is 42.9. The van der Waals surface area contributed by atoms with Gasteiger partial charge < -0.3 is 0 Å². The third-order valence-electron chi connectivity index (χ3n) is 8.76.